The van der Waals surface area contributed by atoms with Crippen molar-refractivity contribution in [2.75, 3.05) is 32.7 Å². The van der Waals surface area contributed by atoms with Gasteiger partial charge in [-0.25, -0.2) is 0 Å². The first kappa shape index (κ1) is 32.1. The monoisotopic (exact) mass is 594 g/mol. The summed E-state index contributed by atoms with van der Waals surface area (Å²) in [5, 5.41) is 19.5. The maximum Gasteiger partial charge on any atom is 0.206 e. The molecule has 2 fully saturated rings. The van der Waals surface area contributed by atoms with Gasteiger partial charge in [-0.15, -0.1) is 0 Å². The number of benzene rings is 3. The average molecular weight is 595 g/mol. The minimum absolute atomic E-state index is 0.00450. The number of nitrogens with one attached hydrogen (secondary N) is 2. The summed E-state index contributed by atoms with van der Waals surface area (Å²) in [7, 11) is 0. The van der Waals surface area contributed by atoms with E-state index in [1.807, 2.05) is 26.0 Å². The van der Waals surface area contributed by atoms with Gasteiger partial charge in [-0.05, 0) is 126 Å². The normalized spacial score (nSPS) is 18.2. The molecule has 0 aromatic heterocycles. The second-order valence-corrected chi connectivity index (χ2v) is 13.1. The first-order chi connectivity index (χ1) is 21.4. The maximum atomic E-state index is 13.8. The van der Waals surface area contributed by atoms with Crippen molar-refractivity contribution in [2.24, 2.45) is 0 Å². The van der Waals surface area contributed by atoms with Crippen LogP contribution in [0.5, 0.6) is 5.75 Å². The molecule has 0 bridgehead atoms. The molecule has 2 heterocycles. The molecule has 5 rings (SSSR count). The Bertz CT molecular complexity index is 1420. The van der Waals surface area contributed by atoms with E-state index in [0.717, 1.165) is 32.5 Å². The van der Waals surface area contributed by atoms with Crippen molar-refractivity contribution in [3.05, 3.63) is 77.9 Å². The van der Waals surface area contributed by atoms with Crippen LogP contribution in [-0.4, -0.2) is 72.4 Å². The molecule has 2 N–H and O–H groups in total. The molecule has 0 aliphatic carbocycles. The van der Waals surface area contributed by atoms with Gasteiger partial charge >= 0.3 is 0 Å². The van der Waals surface area contributed by atoms with Crippen molar-refractivity contribution in [3.8, 4) is 5.75 Å². The fourth-order valence-corrected chi connectivity index (χ4v) is 7.44. The zero-order valence-electron chi connectivity index (χ0n) is 26.7. The topological polar surface area (TPSA) is 80.5 Å². The van der Waals surface area contributed by atoms with Gasteiger partial charge in [0, 0.05) is 23.4 Å². The van der Waals surface area contributed by atoms with Crippen LogP contribution in [-0.2, 0) is 5.41 Å². The number of likely N-dealkylation sites (tertiary alicyclic amines) is 2. The molecule has 6 nitrogen and oxygen atoms in total. The Morgan fingerprint density at radius 1 is 0.955 bits per heavy atom. The van der Waals surface area contributed by atoms with E-state index in [1.54, 1.807) is 12.1 Å². The van der Waals surface area contributed by atoms with Crippen LogP contribution in [0.4, 0.5) is 0 Å². The number of fused-ring (bicyclic) bond motifs is 1. The molecule has 44 heavy (non-hydrogen) atoms. The Morgan fingerprint density at radius 2 is 1.68 bits per heavy atom. The lowest BCUT2D eigenvalue weighted by Crippen LogP contribution is -2.47. The molecule has 3 aromatic carbocycles. The van der Waals surface area contributed by atoms with Crippen molar-refractivity contribution in [2.45, 2.75) is 89.2 Å². The quantitative estimate of drug-likeness (QED) is 0.147. The number of nitrogens with zero attached hydrogens (tertiary/aromatic N) is 2. The molecule has 0 unspecified atom stereocenters. The van der Waals surface area contributed by atoms with E-state index in [-0.39, 0.29) is 17.6 Å². The molecule has 6 heteroatoms. The number of hydrogen-bond donors (Lipinski definition) is 2. The van der Waals surface area contributed by atoms with Crippen LogP contribution < -0.4 is 4.74 Å². The van der Waals surface area contributed by atoms with Gasteiger partial charge in [0.25, 0.3) is 0 Å². The summed E-state index contributed by atoms with van der Waals surface area (Å²) in [6.45, 7) is 9.55. The van der Waals surface area contributed by atoms with Crippen molar-refractivity contribution in [1.29, 1.82) is 10.8 Å². The standard InChI is InChI=1S/C38H50N4O2/c1-29(2)44-33-14-8-13-31(27-33)37(43)36(40)28-38(19-10-21-39,35-16-9-12-30-11-4-5-15-34(30)35)20-26-41-24-17-32(18-25-41)42-22-6-3-7-23-42/h4-5,8-9,11-16,21,27,29,32,39-40H,3,6-7,10,17-20,22-26,28H2,1-2H3/t38-/m0/s1. The summed E-state index contributed by atoms with van der Waals surface area (Å²) in [5.74, 6) is 0.400. The third-order valence-corrected chi connectivity index (χ3v) is 9.76. The van der Waals surface area contributed by atoms with Gasteiger partial charge in [-0.3, -0.25) is 4.79 Å². The molecular weight excluding hydrogens is 544 g/mol. The average Bonchev–Trinajstić information content (AvgIpc) is 3.06. The Balaban J connectivity index is 1.41. The summed E-state index contributed by atoms with van der Waals surface area (Å²) in [6, 6.07) is 22.9. The van der Waals surface area contributed by atoms with Crippen LogP contribution in [0, 0.1) is 10.8 Å². The lowest BCUT2D eigenvalue weighted by Gasteiger charge is -2.42. The Hall–Kier alpha value is -3.35. The van der Waals surface area contributed by atoms with Crippen LogP contribution in [0.25, 0.3) is 10.8 Å². The summed E-state index contributed by atoms with van der Waals surface area (Å²) in [6.07, 6.45) is 10.5. The molecule has 0 spiro atoms. The van der Waals surface area contributed by atoms with E-state index in [4.69, 9.17) is 10.1 Å². The Kier molecular flexibility index (Phi) is 11.0. The smallest absolute Gasteiger partial charge is 0.206 e. The third-order valence-electron chi connectivity index (χ3n) is 9.76. The van der Waals surface area contributed by atoms with Crippen molar-refractivity contribution in [1.82, 2.24) is 9.80 Å². The second kappa shape index (κ2) is 15.1. The van der Waals surface area contributed by atoms with E-state index in [1.165, 1.54) is 67.7 Å². The van der Waals surface area contributed by atoms with Gasteiger partial charge < -0.3 is 25.4 Å². The highest BCUT2D eigenvalue weighted by atomic mass is 16.5. The van der Waals surface area contributed by atoms with E-state index in [0.29, 0.717) is 30.2 Å². The van der Waals surface area contributed by atoms with Crippen molar-refractivity contribution < 1.29 is 9.53 Å². The summed E-state index contributed by atoms with van der Waals surface area (Å²) in [4.78, 5) is 19.1. The van der Waals surface area contributed by atoms with E-state index in [9.17, 15) is 10.2 Å². The number of ether oxygens (including phenoxy) is 1. The number of Topliss-reactive ketones (excluding diaryl/α,β-unsaturated/α-hetero) is 1. The molecule has 2 aliphatic rings. The molecule has 3 aromatic rings. The molecule has 2 saturated heterocycles. The molecule has 0 saturated carbocycles. The minimum Gasteiger partial charge on any atom is -0.491 e. The molecule has 0 amide bonds. The minimum atomic E-state index is -0.444. The van der Waals surface area contributed by atoms with Gasteiger partial charge in [0.2, 0.25) is 5.78 Å². The van der Waals surface area contributed by atoms with Crippen LogP contribution in [0.15, 0.2) is 66.7 Å². The van der Waals surface area contributed by atoms with E-state index in [2.05, 4.69) is 52.3 Å². The lowest BCUT2D eigenvalue weighted by atomic mass is 9.68. The molecule has 0 radical (unpaired) electrons. The number of piperidine rings is 2. The van der Waals surface area contributed by atoms with Gasteiger partial charge in [0.05, 0.1) is 11.8 Å². The number of ketones is 1. The predicted octanol–water partition coefficient (Wildman–Crippen LogP) is 7.93. The van der Waals surface area contributed by atoms with Gasteiger partial charge in [-0.2, -0.15) is 0 Å². The molecular formula is C38H50N4O2. The molecule has 1 atom stereocenters. The number of hydrogen-bond acceptors (Lipinski definition) is 6. The van der Waals surface area contributed by atoms with Crippen molar-refractivity contribution in [3.63, 3.8) is 0 Å². The summed E-state index contributed by atoms with van der Waals surface area (Å²) >= 11 is 0. The number of carbonyl (C=O) groups is 1. The fraction of sp³-hybridized carbons (Fsp3) is 0.500. The predicted molar refractivity (Wildman–Crippen MR) is 182 cm³/mol. The number of rotatable bonds is 14. The summed E-state index contributed by atoms with van der Waals surface area (Å²) in [5.41, 5.74) is 1.36. The SMILES string of the molecule is CC(C)Oc1cccc(C(=O)C(=N)C[C@](CCC=N)(CCN2CCC(N3CCCCC3)CC2)c2cccc3ccccc23)c1. The highest BCUT2D eigenvalue weighted by Gasteiger charge is 2.37. The second-order valence-electron chi connectivity index (χ2n) is 13.1. The third kappa shape index (κ3) is 7.83. The van der Waals surface area contributed by atoms with Gasteiger partial charge in [0.15, 0.2) is 0 Å². The van der Waals surface area contributed by atoms with Gasteiger partial charge in [-0.1, -0.05) is 61.0 Å². The van der Waals surface area contributed by atoms with Crippen LogP contribution in [0.1, 0.15) is 87.6 Å². The van der Waals surface area contributed by atoms with Gasteiger partial charge in [0.1, 0.15) is 5.75 Å². The highest BCUT2D eigenvalue weighted by Crippen LogP contribution is 2.41. The number of carbonyl (C=O) groups excluding carboxylic acids is 1. The Labute approximate surface area is 263 Å². The van der Waals surface area contributed by atoms with E-state index >= 15 is 0 Å². The first-order valence-electron chi connectivity index (χ1n) is 16.7. The van der Waals surface area contributed by atoms with E-state index < -0.39 is 5.41 Å². The first-order valence-corrected chi connectivity index (χ1v) is 16.7. The fourth-order valence-electron chi connectivity index (χ4n) is 7.44. The molecule has 234 valence electrons. The lowest BCUT2D eigenvalue weighted by molar-refractivity contribution is 0.0884. The summed E-state index contributed by atoms with van der Waals surface area (Å²) < 4.78 is 5.85. The zero-order valence-corrected chi connectivity index (χ0v) is 26.7. The van der Waals surface area contributed by atoms with Crippen LogP contribution >= 0.6 is 0 Å². The van der Waals surface area contributed by atoms with Crippen LogP contribution in [0.3, 0.4) is 0 Å². The Morgan fingerprint density at radius 3 is 2.43 bits per heavy atom. The van der Waals surface area contributed by atoms with Crippen molar-refractivity contribution >= 4 is 28.5 Å². The van der Waals surface area contributed by atoms with Crippen LogP contribution in [0.2, 0.25) is 0 Å². The molecule has 2 aliphatic heterocycles. The maximum absolute atomic E-state index is 13.8. The zero-order chi connectivity index (χ0) is 30.9. The highest BCUT2D eigenvalue weighted by molar-refractivity contribution is 6.45. The largest absolute Gasteiger partial charge is 0.491 e.